The Morgan fingerprint density at radius 1 is 1.48 bits per heavy atom. The lowest BCUT2D eigenvalue weighted by Crippen LogP contribution is -2.37. The number of nitrogens with one attached hydrogen (secondary N) is 1. The molecule has 21 heavy (non-hydrogen) atoms. The summed E-state index contributed by atoms with van der Waals surface area (Å²) >= 11 is 5.17. The summed E-state index contributed by atoms with van der Waals surface area (Å²) in [5.74, 6) is -0.0150. The molecule has 0 saturated carbocycles. The third-order valence-electron chi connectivity index (χ3n) is 3.44. The van der Waals surface area contributed by atoms with Gasteiger partial charge in [-0.15, -0.1) is 11.3 Å². The van der Waals surface area contributed by atoms with Crippen molar-refractivity contribution in [3.05, 3.63) is 44.8 Å². The fraction of sp³-hybridized carbons (Fsp3) is 0.438. The first-order valence-electron chi connectivity index (χ1n) is 7.12. The number of halogens is 1. The first-order chi connectivity index (χ1) is 9.94. The van der Waals surface area contributed by atoms with Crippen molar-refractivity contribution >= 4 is 33.2 Å². The van der Waals surface area contributed by atoms with E-state index in [1.807, 2.05) is 22.9 Å². The lowest BCUT2D eigenvalue weighted by atomic mass is 9.91. The van der Waals surface area contributed by atoms with E-state index in [4.69, 9.17) is 0 Å². The molecule has 0 atom stereocenters. The van der Waals surface area contributed by atoms with Gasteiger partial charge in [0.1, 0.15) is 5.69 Å². The van der Waals surface area contributed by atoms with Crippen molar-refractivity contribution in [3.63, 3.8) is 0 Å². The summed E-state index contributed by atoms with van der Waals surface area (Å²) in [5, 5.41) is 5.14. The van der Waals surface area contributed by atoms with Crippen molar-refractivity contribution in [2.45, 2.75) is 39.2 Å². The van der Waals surface area contributed by atoms with E-state index in [1.54, 1.807) is 11.3 Å². The van der Waals surface area contributed by atoms with Gasteiger partial charge in [0.05, 0.1) is 0 Å². The molecule has 2 aromatic rings. The molecule has 0 aliphatic heterocycles. The number of nitrogens with zero attached hydrogens (tertiary/aromatic N) is 1. The second kappa shape index (κ2) is 6.79. The highest BCUT2D eigenvalue weighted by molar-refractivity contribution is 9.10. The molecule has 2 rings (SSSR count). The van der Waals surface area contributed by atoms with Gasteiger partial charge in [0.2, 0.25) is 0 Å². The molecule has 0 bridgehead atoms. The van der Waals surface area contributed by atoms with Gasteiger partial charge in [-0.25, -0.2) is 0 Å². The molecule has 1 amide bonds. The van der Waals surface area contributed by atoms with Crippen LogP contribution in [0, 0.1) is 0 Å². The van der Waals surface area contributed by atoms with Gasteiger partial charge in [-0.05, 0) is 39.9 Å². The van der Waals surface area contributed by atoms with Gasteiger partial charge in [-0.2, -0.15) is 0 Å². The largest absolute Gasteiger partial charge is 0.350 e. The van der Waals surface area contributed by atoms with E-state index in [1.165, 1.54) is 4.88 Å². The quantitative estimate of drug-likeness (QED) is 0.803. The van der Waals surface area contributed by atoms with Crippen molar-refractivity contribution in [2.75, 3.05) is 6.54 Å². The third-order valence-corrected chi connectivity index (χ3v) is 5.11. The molecule has 0 aromatic carbocycles. The summed E-state index contributed by atoms with van der Waals surface area (Å²) in [6.07, 6.45) is 2.96. The molecule has 2 heterocycles. The van der Waals surface area contributed by atoms with Crippen LogP contribution >= 0.6 is 27.3 Å². The van der Waals surface area contributed by atoms with E-state index in [9.17, 15) is 4.79 Å². The number of hydrogen-bond donors (Lipinski definition) is 1. The number of aromatic nitrogens is 1. The predicted molar refractivity (Wildman–Crippen MR) is 92.1 cm³/mol. The molecule has 1 N–H and O–H groups in total. The molecule has 0 fully saturated rings. The number of carbonyl (C=O) groups excluding carboxylic acids is 1. The van der Waals surface area contributed by atoms with Gasteiger partial charge >= 0.3 is 0 Å². The first-order valence-corrected chi connectivity index (χ1v) is 8.79. The van der Waals surface area contributed by atoms with Gasteiger partial charge in [-0.1, -0.05) is 26.8 Å². The van der Waals surface area contributed by atoms with Gasteiger partial charge in [0.25, 0.3) is 5.91 Å². The van der Waals surface area contributed by atoms with Crippen molar-refractivity contribution in [1.82, 2.24) is 9.88 Å². The molecule has 0 spiro atoms. The SMILES string of the molecule is CCCn1cc(Br)cc1C(=O)NCC(C)(C)c1cccs1. The lowest BCUT2D eigenvalue weighted by molar-refractivity contribution is 0.0936. The molecule has 114 valence electrons. The van der Waals surface area contributed by atoms with E-state index >= 15 is 0 Å². The van der Waals surface area contributed by atoms with Crippen molar-refractivity contribution in [3.8, 4) is 0 Å². The maximum atomic E-state index is 12.4. The Bertz CT molecular complexity index is 602. The highest BCUT2D eigenvalue weighted by Gasteiger charge is 2.23. The second-order valence-electron chi connectivity index (χ2n) is 5.78. The topological polar surface area (TPSA) is 34.0 Å². The molecule has 5 heteroatoms. The second-order valence-corrected chi connectivity index (χ2v) is 7.64. The summed E-state index contributed by atoms with van der Waals surface area (Å²) in [5.41, 5.74) is 0.661. The van der Waals surface area contributed by atoms with Gasteiger partial charge in [0.15, 0.2) is 0 Å². The van der Waals surface area contributed by atoms with Gasteiger partial charge in [0, 0.05) is 34.1 Å². The number of aryl methyl sites for hydroxylation is 1. The van der Waals surface area contributed by atoms with Crippen LogP contribution in [0.15, 0.2) is 34.2 Å². The Kier molecular flexibility index (Phi) is 5.27. The highest BCUT2D eigenvalue weighted by Crippen LogP contribution is 2.26. The summed E-state index contributed by atoms with van der Waals surface area (Å²) in [4.78, 5) is 13.7. The van der Waals surface area contributed by atoms with Gasteiger partial charge < -0.3 is 9.88 Å². The fourth-order valence-corrected chi connectivity index (χ4v) is 3.55. The summed E-state index contributed by atoms with van der Waals surface area (Å²) in [7, 11) is 0. The Morgan fingerprint density at radius 3 is 2.86 bits per heavy atom. The first kappa shape index (κ1) is 16.3. The maximum Gasteiger partial charge on any atom is 0.267 e. The van der Waals surface area contributed by atoms with Crippen LogP contribution in [0.4, 0.5) is 0 Å². The number of amides is 1. The van der Waals surface area contributed by atoms with E-state index in [2.05, 4.69) is 53.5 Å². The Labute approximate surface area is 138 Å². The van der Waals surface area contributed by atoms with Crippen LogP contribution in [0.3, 0.4) is 0 Å². The number of thiophene rings is 1. The normalized spacial score (nSPS) is 11.6. The van der Waals surface area contributed by atoms with Crippen LogP contribution < -0.4 is 5.32 Å². The Morgan fingerprint density at radius 2 is 2.24 bits per heavy atom. The zero-order valence-electron chi connectivity index (χ0n) is 12.6. The summed E-state index contributed by atoms with van der Waals surface area (Å²) < 4.78 is 2.94. The number of carbonyl (C=O) groups is 1. The van der Waals surface area contributed by atoms with Crippen LogP contribution in [-0.2, 0) is 12.0 Å². The van der Waals surface area contributed by atoms with Crippen molar-refractivity contribution in [2.24, 2.45) is 0 Å². The average Bonchev–Trinajstić information content (AvgIpc) is 3.06. The number of rotatable bonds is 6. The van der Waals surface area contributed by atoms with E-state index in [-0.39, 0.29) is 11.3 Å². The van der Waals surface area contributed by atoms with Crippen LogP contribution in [0.5, 0.6) is 0 Å². The monoisotopic (exact) mass is 368 g/mol. The van der Waals surface area contributed by atoms with E-state index < -0.39 is 0 Å². The van der Waals surface area contributed by atoms with Crippen LogP contribution in [-0.4, -0.2) is 17.0 Å². The molecular formula is C16H21BrN2OS. The average molecular weight is 369 g/mol. The third kappa shape index (κ3) is 3.98. The molecule has 0 aliphatic rings. The predicted octanol–water partition coefficient (Wildman–Crippen LogP) is 4.43. The minimum Gasteiger partial charge on any atom is -0.350 e. The van der Waals surface area contributed by atoms with Crippen LogP contribution in [0.1, 0.15) is 42.6 Å². The molecule has 0 radical (unpaired) electrons. The molecule has 0 unspecified atom stereocenters. The molecular weight excluding hydrogens is 348 g/mol. The highest BCUT2D eigenvalue weighted by atomic mass is 79.9. The smallest absolute Gasteiger partial charge is 0.267 e. The fourth-order valence-electron chi connectivity index (χ4n) is 2.23. The van der Waals surface area contributed by atoms with Gasteiger partial charge in [-0.3, -0.25) is 4.79 Å². The zero-order valence-corrected chi connectivity index (χ0v) is 15.1. The number of hydrogen-bond acceptors (Lipinski definition) is 2. The lowest BCUT2D eigenvalue weighted by Gasteiger charge is -2.23. The molecule has 0 saturated heterocycles. The molecule has 3 nitrogen and oxygen atoms in total. The van der Waals surface area contributed by atoms with E-state index in [0.29, 0.717) is 12.2 Å². The Hall–Kier alpha value is -1.07. The Balaban J connectivity index is 2.05. The molecule has 0 aliphatic carbocycles. The standard InChI is InChI=1S/C16H21BrN2OS/c1-4-7-19-10-12(17)9-13(19)15(20)18-11-16(2,3)14-6-5-8-21-14/h5-6,8-10H,4,7,11H2,1-3H3,(H,18,20). The zero-order chi connectivity index (χ0) is 15.5. The molecule has 2 aromatic heterocycles. The maximum absolute atomic E-state index is 12.4. The van der Waals surface area contributed by atoms with Crippen molar-refractivity contribution < 1.29 is 4.79 Å². The summed E-state index contributed by atoms with van der Waals surface area (Å²) in [6, 6.07) is 6.05. The van der Waals surface area contributed by atoms with Crippen LogP contribution in [0.25, 0.3) is 0 Å². The minimum atomic E-state index is -0.0523. The van der Waals surface area contributed by atoms with Crippen molar-refractivity contribution in [1.29, 1.82) is 0 Å². The van der Waals surface area contributed by atoms with Crippen LogP contribution in [0.2, 0.25) is 0 Å². The van der Waals surface area contributed by atoms with E-state index in [0.717, 1.165) is 17.4 Å². The minimum absolute atomic E-state index is 0.0150. The summed E-state index contributed by atoms with van der Waals surface area (Å²) in [6.45, 7) is 7.89.